The Bertz CT molecular complexity index is 110. The molecule has 1 N–H and O–H groups in total. The van der Waals surface area contributed by atoms with Gasteiger partial charge in [0.25, 0.3) is 5.92 Å². The van der Waals surface area contributed by atoms with Gasteiger partial charge in [0.15, 0.2) is 0 Å². The summed E-state index contributed by atoms with van der Waals surface area (Å²) in [5.74, 6) is -3.73. The van der Waals surface area contributed by atoms with E-state index in [1.165, 1.54) is 0 Å². The highest BCUT2D eigenvalue weighted by atomic mass is 19.3. The normalized spacial score (nSPS) is 27.3. The van der Waals surface area contributed by atoms with E-state index < -0.39 is 18.4 Å². The van der Waals surface area contributed by atoms with Gasteiger partial charge >= 0.3 is 0 Å². The molecule has 10 heavy (non-hydrogen) atoms. The number of rotatable bonds is 2. The van der Waals surface area contributed by atoms with Crippen LogP contribution in [0.4, 0.5) is 8.78 Å². The fourth-order valence-electron chi connectivity index (χ4n) is 0.997. The molecule has 1 aliphatic rings. The SMILES string of the molecule is OCC(F)(F)C1CCOC1. The summed E-state index contributed by atoms with van der Waals surface area (Å²) in [4.78, 5) is 0. The van der Waals surface area contributed by atoms with Crippen molar-refractivity contribution in [3.8, 4) is 0 Å². The Labute approximate surface area is 57.8 Å². The van der Waals surface area contributed by atoms with Crippen LogP contribution in [0.3, 0.4) is 0 Å². The first-order chi connectivity index (χ1) is 4.67. The third-order valence-corrected chi connectivity index (χ3v) is 1.74. The first-order valence-electron chi connectivity index (χ1n) is 3.23. The lowest BCUT2D eigenvalue weighted by atomic mass is 10.0. The van der Waals surface area contributed by atoms with Gasteiger partial charge in [0.1, 0.15) is 6.61 Å². The molecule has 0 saturated carbocycles. The van der Waals surface area contributed by atoms with Crippen molar-refractivity contribution < 1.29 is 18.6 Å². The number of ether oxygens (including phenoxy) is 1. The fourth-order valence-corrected chi connectivity index (χ4v) is 0.997. The van der Waals surface area contributed by atoms with Gasteiger partial charge in [0.2, 0.25) is 0 Å². The zero-order valence-electron chi connectivity index (χ0n) is 5.52. The molecular weight excluding hydrogens is 142 g/mol. The summed E-state index contributed by atoms with van der Waals surface area (Å²) in [6.45, 7) is -0.602. The van der Waals surface area contributed by atoms with Crippen LogP contribution in [0.2, 0.25) is 0 Å². The van der Waals surface area contributed by atoms with Gasteiger partial charge in [-0.3, -0.25) is 0 Å². The van der Waals surface area contributed by atoms with Crippen molar-refractivity contribution in [2.45, 2.75) is 12.3 Å². The maximum Gasteiger partial charge on any atom is 0.275 e. The van der Waals surface area contributed by atoms with E-state index in [4.69, 9.17) is 9.84 Å². The second-order valence-electron chi connectivity index (χ2n) is 2.48. The van der Waals surface area contributed by atoms with Crippen molar-refractivity contribution in [1.29, 1.82) is 0 Å². The quantitative estimate of drug-likeness (QED) is 0.629. The predicted octanol–water partition coefficient (Wildman–Crippen LogP) is 0.651. The summed E-state index contributed by atoms with van der Waals surface area (Å²) in [5, 5.41) is 8.25. The molecule has 60 valence electrons. The van der Waals surface area contributed by atoms with Crippen LogP contribution < -0.4 is 0 Å². The van der Waals surface area contributed by atoms with Crippen LogP contribution in [0.1, 0.15) is 6.42 Å². The molecule has 0 bridgehead atoms. The molecule has 0 aromatic carbocycles. The zero-order valence-corrected chi connectivity index (χ0v) is 5.52. The average molecular weight is 152 g/mol. The highest BCUT2D eigenvalue weighted by Crippen LogP contribution is 2.30. The van der Waals surface area contributed by atoms with Crippen LogP contribution in [0.25, 0.3) is 0 Å². The van der Waals surface area contributed by atoms with Gasteiger partial charge in [0.05, 0.1) is 12.5 Å². The van der Waals surface area contributed by atoms with Crippen LogP contribution in [0.5, 0.6) is 0 Å². The first-order valence-corrected chi connectivity index (χ1v) is 3.23. The molecule has 2 nitrogen and oxygen atoms in total. The summed E-state index contributed by atoms with van der Waals surface area (Å²) in [7, 11) is 0. The predicted molar refractivity (Wildman–Crippen MR) is 31.0 cm³/mol. The second kappa shape index (κ2) is 2.80. The molecule has 1 fully saturated rings. The Morgan fingerprint density at radius 3 is 2.70 bits per heavy atom. The molecule has 1 heterocycles. The van der Waals surface area contributed by atoms with Crippen molar-refractivity contribution in [2.75, 3.05) is 19.8 Å². The molecule has 0 aromatic heterocycles. The smallest absolute Gasteiger partial charge is 0.275 e. The van der Waals surface area contributed by atoms with Crippen LogP contribution in [-0.2, 0) is 4.74 Å². The molecule has 1 aliphatic heterocycles. The van der Waals surface area contributed by atoms with Gasteiger partial charge < -0.3 is 9.84 Å². The Morgan fingerprint density at radius 2 is 2.30 bits per heavy atom. The van der Waals surface area contributed by atoms with Crippen LogP contribution in [-0.4, -0.2) is 30.8 Å². The summed E-state index contributed by atoms with van der Waals surface area (Å²) in [5.41, 5.74) is 0. The highest BCUT2D eigenvalue weighted by molar-refractivity contribution is 4.78. The van der Waals surface area contributed by atoms with E-state index in [-0.39, 0.29) is 6.61 Å². The Balaban J connectivity index is 2.45. The minimum atomic E-state index is -2.95. The molecule has 4 heteroatoms. The monoisotopic (exact) mass is 152 g/mol. The zero-order chi connectivity index (χ0) is 7.61. The lowest BCUT2D eigenvalue weighted by molar-refractivity contribution is -0.0976. The van der Waals surface area contributed by atoms with Crippen LogP contribution in [0.15, 0.2) is 0 Å². The largest absolute Gasteiger partial charge is 0.390 e. The molecule has 1 saturated heterocycles. The molecule has 1 unspecified atom stereocenters. The number of hydrogen-bond donors (Lipinski definition) is 1. The minimum absolute atomic E-state index is 0.0769. The molecule has 0 amide bonds. The summed E-state index contributed by atoms with van der Waals surface area (Å²) in [6, 6.07) is 0. The van der Waals surface area contributed by atoms with Crippen molar-refractivity contribution in [3.05, 3.63) is 0 Å². The number of aliphatic hydroxyl groups excluding tert-OH is 1. The number of hydrogen-bond acceptors (Lipinski definition) is 2. The molecule has 0 radical (unpaired) electrons. The van der Waals surface area contributed by atoms with Crippen molar-refractivity contribution >= 4 is 0 Å². The molecule has 1 rings (SSSR count). The van der Waals surface area contributed by atoms with Gasteiger partial charge in [0, 0.05) is 6.61 Å². The molecule has 0 spiro atoms. The summed E-state index contributed by atoms with van der Waals surface area (Å²) < 4.78 is 29.8. The number of halogens is 2. The summed E-state index contributed by atoms with van der Waals surface area (Å²) in [6.07, 6.45) is 0.355. The average Bonchev–Trinajstić information content (AvgIpc) is 2.38. The highest BCUT2D eigenvalue weighted by Gasteiger charge is 2.40. The van der Waals surface area contributed by atoms with E-state index >= 15 is 0 Å². The van der Waals surface area contributed by atoms with Gasteiger partial charge in [-0.1, -0.05) is 0 Å². The van der Waals surface area contributed by atoms with Gasteiger partial charge in [-0.05, 0) is 6.42 Å². The minimum Gasteiger partial charge on any atom is -0.390 e. The number of aliphatic hydroxyl groups is 1. The van der Waals surface area contributed by atoms with E-state index in [2.05, 4.69) is 0 Å². The molecule has 1 atom stereocenters. The fraction of sp³-hybridized carbons (Fsp3) is 1.00. The van der Waals surface area contributed by atoms with Crippen molar-refractivity contribution in [2.24, 2.45) is 5.92 Å². The van der Waals surface area contributed by atoms with E-state index in [1.807, 2.05) is 0 Å². The van der Waals surface area contributed by atoms with E-state index in [9.17, 15) is 8.78 Å². The van der Waals surface area contributed by atoms with E-state index in [1.54, 1.807) is 0 Å². The van der Waals surface area contributed by atoms with E-state index in [0.29, 0.717) is 13.0 Å². The van der Waals surface area contributed by atoms with Crippen molar-refractivity contribution in [1.82, 2.24) is 0 Å². The topological polar surface area (TPSA) is 29.5 Å². The lowest BCUT2D eigenvalue weighted by Gasteiger charge is -2.18. The maximum atomic E-state index is 12.5. The molecular formula is C6H10F2O2. The maximum absolute atomic E-state index is 12.5. The van der Waals surface area contributed by atoms with Gasteiger partial charge in [-0.2, -0.15) is 0 Å². The van der Waals surface area contributed by atoms with Crippen molar-refractivity contribution in [3.63, 3.8) is 0 Å². The summed E-state index contributed by atoms with van der Waals surface area (Å²) >= 11 is 0. The Hall–Kier alpha value is -0.220. The Morgan fingerprint density at radius 1 is 1.60 bits per heavy atom. The number of alkyl halides is 2. The Kier molecular flexibility index (Phi) is 2.21. The van der Waals surface area contributed by atoms with Crippen LogP contribution >= 0.6 is 0 Å². The van der Waals surface area contributed by atoms with Gasteiger partial charge in [-0.15, -0.1) is 0 Å². The first kappa shape index (κ1) is 7.88. The van der Waals surface area contributed by atoms with Crippen LogP contribution in [0, 0.1) is 5.92 Å². The third-order valence-electron chi connectivity index (χ3n) is 1.74. The second-order valence-corrected chi connectivity index (χ2v) is 2.48. The molecule has 0 aromatic rings. The molecule has 0 aliphatic carbocycles. The van der Waals surface area contributed by atoms with E-state index in [0.717, 1.165) is 0 Å². The lowest BCUT2D eigenvalue weighted by Crippen LogP contribution is -2.32. The standard InChI is InChI=1S/C6H10F2O2/c7-6(8,4-9)5-1-2-10-3-5/h5,9H,1-4H2. The third kappa shape index (κ3) is 1.44. The van der Waals surface area contributed by atoms with Gasteiger partial charge in [-0.25, -0.2) is 8.78 Å².